The maximum absolute atomic E-state index is 13.7. The number of halogens is 2. The zero-order valence-corrected chi connectivity index (χ0v) is 13.8. The molecule has 0 bridgehead atoms. The number of carbonyl (C=O) groups is 1. The fourth-order valence-electron chi connectivity index (χ4n) is 2.06. The monoisotopic (exact) mass is 391 g/mol. The topological polar surface area (TPSA) is 68.5 Å². The van der Waals surface area contributed by atoms with Gasteiger partial charge in [0.15, 0.2) is 6.61 Å². The summed E-state index contributed by atoms with van der Waals surface area (Å²) in [6.07, 6.45) is 0. The summed E-state index contributed by atoms with van der Waals surface area (Å²) >= 11 is 3.14. The van der Waals surface area contributed by atoms with Gasteiger partial charge >= 0.3 is 5.63 Å². The lowest BCUT2D eigenvalue weighted by molar-refractivity contribution is -0.118. The molecule has 1 aromatic heterocycles. The minimum absolute atomic E-state index is 0.0660. The molecule has 1 heterocycles. The predicted molar refractivity (Wildman–Crippen MR) is 90.7 cm³/mol. The normalized spacial score (nSPS) is 10.6. The largest absolute Gasteiger partial charge is 0.484 e. The lowest BCUT2D eigenvalue weighted by atomic mass is 10.2. The van der Waals surface area contributed by atoms with Crippen LogP contribution in [0.1, 0.15) is 0 Å². The summed E-state index contributed by atoms with van der Waals surface area (Å²) in [4.78, 5) is 23.1. The van der Waals surface area contributed by atoms with Gasteiger partial charge in [-0.1, -0.05) is 15.9 Å². The van der Waals surface area contributed by atoms with Crippen molar-refractivity contribution in [1.29, 1.82) is 0 Å². The molecule has 5 nitrogen and oxygen atoms in total. The fourth-order valence-corrected chi connectivity index (χ4v) is 2.39. The molecule has 3 aromatic rings. The highest BCUT2D eigenvalue weighted by Crippen LogP contribution is 2.21. The Hall–Kier alpha value is -2.67. The average molecular weight is 392 g/mol. The van der Waals surface area contributed by atoms with Gasteiger partial charge in [0, 0.05) is 22.0 Å². The number of benzene rings is 2. The van der Waals surface area contributed by atoms with Crippen molar-refractivity contribution in [2.45, 2.75) is 0 Å². The molecular weight excluding hydrogens is 381 g/mol. The molecule has 3 rings (SSSR count). The SMILES string of the molecule is O=C(COc1ccc2ccc(=O)oc2c1)Nc1ccc(Br)cc1F. The van der Waals surface area contributed by atoms with Crippen molar-refractivity contribution in [2.24, 2.45) is 0 Å². The number of rotatable bonds is 4. The molecule has 0 fully saturated rings. The van der Waals surface area contributed by atoms with Crippen LogP contribution in [0.15, 0.2) is 62.2 Å². The van der Waals surface area contributed by atoms with E-state index in [9.17, 15) is 14.0 Å². The number of anilines is 1. The van der Waals surface area contributed by atoms with Gasteiger partial charge in [-0.25, -0.2) is 9.18 Å². The lowest BCUT2D eigenvalue weighted by Crippen LogP contribution is -2.20. The Morgan fingerprint density at radius 1 is 1.17 bits per heavy atom. The summed E-state index contributed by atoms with van der Waals surface area (Å²) in [7, 11) is 0. The zero-order chi connectivity index (χ0) is 17.1. The molecule has 24 heavy (non-hydrogen) atoms. The maximum atomic E-state index is 13.7. The first-order valence-corrected chi connectivity index (χ1v) is 7.72. The third-order valence-corrected chi connectivity index (χ3v) is 3.66. The van der Waals surface area contributed by atoms with Crippen LogP contribution in [0.5, 0.6) is 5.75 Å². The van der Waals surface area contributed by atoms with Crippen LogP contribution < -0.4 is 15.7 Å². The van der Waals surface area contributed by atoms with E-state index in [2.05, 4.69) is 21.2 Å². The molecule has 2 aromatic carbocycles. The van der Waals surface area contributed by atoms with Crippen molar-refractivity contribution in [3.63, 3.8) is 0 Å². The van der Waals surface area contributed by atoms with Crippen molar-refractivity contribution in [3.8, 4) is 5.75 Å². The van der Waals surface area contributed by atoms with Gasteiger partial charge in [-0.3, -0.25) is 4.79 Å². The number of fused-ring (bicyclic) bond motifs is 1. The van der Waals surface area contributed by atoms with Gasteiger partial charge < -0.3 is 14.5 Å². The summed E-state index contributed by atoms with van der Waals surface area (Å²) in [5, 5.41) is 3.16. The second-order valence-electron chi connectivity index (χ2n) is 4.92. The first kappa shape index (κ1) is 16.2. The Morgan fingerprint density at radius 3 is 2.75 bits per heavy atom. The fraction of sp³-hybridized carbons (Fsp3) is 0.0588. The highest BCUT2D eigenvalue weighted by molar-refractivity contribution is 9.10. The highest BCUT2D eigenvalue weighted by atomic mass is 79.9. The number of ether oxygens (including phenoxy) is 1. The van der Waals surface area contributed by atoms with Gasteiger partial charge in [-0.05, 0) is 36.4 Å². The van der Waals surface area contributed by atoms with E-state index >= 15 is 0 Å². The molecule has 1 amide bonds. The van der Waals surface area contributed by atoms with Crippen LogP contribution in [0.2, 0.25) is 0 Å². The number of carbonyl (C=O) groups excluding carboxylic acids is 1. The summed E-state index contributed by atoms with van der Waals surface area (Å²) in [6.45, 7) is -0.307. The van der Waals surface area contributed by atoms with Crippen LogP contribution in [0, 0.1) is 5.82 Å². The van der Waals surface area contributed by atoms with E-state index < -0.39 is 17.3 Å². The van der Waals surface area contributed by atoms with Gasteiger partial charge in [0.2, 0.25) is 0 Å². The van der Waals surface area contributed by atoms with Crippen LogP contribution in [-0.4, -0.2) is 12.5 Å². The zero-order valence-electron chi connectivity index (χ0n) is 12.2. The van der Waals surface area contributed by atoms with Gasteiger partial charge in [-0.15, -0.1) is 0 Å². The molecule has 0 spiro atoms. The second-order valence-corrected chi connectivity index (χ2v) is 5.83. The number of amides is 1. The summed E-state index contributed by atoms with van der Waals surface area (Å²) in [5.74, 6) is -0.695. The van der Waals surface area contributed by atoms with Gasteiger partial charge in [-0.2, -0.15) is 0 Å². The van der Waals surface area contributed by atoms with Crippen LogP contribution in [-0.2, 0) is 4.79 Å². The molecule has 7 heteroatoms. The van der Waals surface area contributed by atoms with Gasteiger partial charge in [0.05, 0.1) is 5.69 Å². The molecule has 0 aliphatic heterocycles. The van der Waals surface area contributed by atoms with E-state index in [4.69, 9.17) is 9.15 Å². The van der Waals surface area contributed by atoms with Crippen molar-refractivity contribution < 1.29 is 18.3 Å². The van der Waals surface area contributed by atoms with Gasteiger partial charge in [0.25, 0.3) is 5.91 Å². The van der Waals surface area contributed by atoms with E-state index in [0.717, 1.165) is 5.39 Å². The molecule has 0 atom stereocenters. The van der Waals surface area contributed by atoms with E-state index in [1.165, 1.54) is 24.3 Å². The van der Waals surface area contributed by atoms with E-state index in [-0.39, 0.29) is 12.3 Å². The number of hydrogen-bond donors (Lipinski definition) is 1. The summed E-state index contributed by atoms with van der Waals surface area (Å²) < 4.78 is 24.6. The van der Waals surface area contributed by atoms with Crippen LogP contribution in [0.3, 0.4) is 0 Å². The predicted octanol–water partition coefficient (Wildman–Crippen LogP) is 3.71. The van der Waals surface area contributed by atoms with Crippen molar-refractivity contribution >= 4 is 38.5 Å². The Balaban J connectivity index is 1.66. The van der Waals surface area contributed by atoms with Gasteiger partial charge in [0.1, 0.15) is 17.1 Å². The molecule has 0 unspecified atom stereocenters. The molecule has 122 valence electrons. The standard InChI is InChI=1S/C17H11BrFNO4/c18-11-3-5-14(13(19)7-11)20-16(21)9-23-12-4-1-10-2-6-17(22)24-15(10)8-12/h1-8H,9H2,(H,20,21). The number of hydrogen-bond acceptors (Lipinski definition) is 4. The van der Waals surface area contributed by atoms with E-state index in [1.807, 2.05) is 0 Å². The summed E-state index contributed by atoms with van der Waals surface area (Å²) in [6, 6.07) is 12.1. The first-order chi connectivity index (χ1) is 11.5. The third kappa shape index (κ3) is 3.80. The molecule has 0 aliphatic rings. The second kappa shape index (κ2) is 6.84. The molecule has 0 saturated carbocycles. The van der Waals surface area contributed by atoms with Crippen molar-refractivity contribution in [2.75, 3.05) is 11.9 Å². The smallest absolute Gasteiger partial charge is 0.336 e. The summed E-state index contributed by atoms with van der Waals surface area (Å²) in [5.41, 5.74) is -0.0428. The third-order valence-electron chi connectivity index (χ3n) is 3.17. The Morgan fingerprint density at radius 2 is 1.96 bits per heavy atom. The van der Waals surface area contributed by atoms with Crippen LogP contribution in [0.4, 0.5) is 10.1 Å². The molecule has 0 saturated heterocycles. The molecule has 0 radical (unpaired) electrons. The Bertz CT molecular complexity index is 970. The van der Waals surface area contributed by atoms with E-state index in [1.54, 1.807) is 24.3 Å². The highest BCUT2D eigenvalue weighted by Gasteiger charge is 2.09. The Kier molecular flexibility index (Phi) is 4.61. The lowest BCUT2D eigenvalue weighted by Gasteiger charge is -2.09. The first-order valence-electron chi connectivity index (χ1n) is 6.93. The van der Waals surface area contributed by atoms with Crippen LogP contribution in [0.25, 0.3) is 11.0 Å². The minimum atomic E-state index is -0.551. The minimum Gasteiger partial charge on any atom is -0.484 e. The maximum Gasteiger partial charge on any atom is 0.336 e. The van der Waals surface area contributed by atoms with Crippen molar-refractivity contribution in [3.05, 3.63) is 69.2 Å². The quantitative estimate of drug-likeness (QED) is 0.688. The molecular formula is C17H11BrFNO4. The average Bonchev–Trinajstić information content (AvgIpc) is 2.55. The molecule has 0 aliphatic carbocycles. The van der Waals surface area contributed by atoms with E-state index in [0.29, 0.717) is 15.8 Å². The molecule has 1 N–H and O–H groups in total. The number of nitrogens with one attached hydrogen (secondary N) is 1. The Labute approximate surface area is 144 Å². The van der Waals surface area contributed by atoms with Crippen molar-refractivity contribution in [1.82, 2.24) is 0 Å². The van der Waals surface area contributed by atoms with Crippen LogP contribution >= 0.6 is 15.9 Å².